The summed E-state index contributed by atoms with van der Waals surface area (Å²) in [6.07, 6.45) is 4.51. The Hall–Kier alpha value is -2.42. The highest BCUT2D eigenvalue weighted by molar-refractivity contribution is 5.48. The predicted molar refractivity (Wildman–Crippen MR) is 71.1 cm³/mol. The largest absolute Gasteiger partial charge is 0.359 e. The van der Waals surface area contributed by atoms with E-state index in [2.05, 4.69) is 27.1 Å². The quantitative estimate of drug-likeness (QED) is 0.758. The second kappa shape index (κ2) is 4.84. The van der Waals surface area contributed by atoms with Gasteiger partial charge in [-0.2, -0.15) is 0 Å². The molecule has 0 aliphatic carbocycles. The molecule has 1 aromatic carbocycles. The molecule has 1 N–H and O–H groups in total. The van der Waals surface area contributed by atoms with E-state index < -0.39 is 0 Å². The molecule has 2 heterocycles. The Kier molecular flexibility index (Phi) is 2.88. The van der Waals surface area contributed by atoms with Crippen LogP contribution in [0.5, 0.6) is 0 Å². The number of aromatic nitrogens is 3. The van der Waals surface area contributed by atoms with E-state index in [1.54, 1.807) is 6.20 Å². The summed E-state index contributed by atoms with van der Waals surface area (Å²) in [6.45, 7) is 0. The van der Waals surface area contributed by atoms with Crippen LogP contribution in [0.3, 0.4) is 0 Å². The summed E-state index contributed by atoms with van der Waals surface area (Å²) in [4.78, 5) is 12.0. The maximum Gasteiger partial charge on any atom is 0.176 e. The van der Waals surface area contributed by atoms with Crippen LogP contribution in [-0.4, -0.2) is 15.0 Å². The molecule has 0 bridgehead atoms. The van der Waals surface area contributed by atoms with Crippen LogP contribution >= 0.6 is 0 Å². The molecule has 3 heteroatoms. The zero-order chi connectivity index (χ0) is 12.2. The van der Waals surface area contributed by atoms with Crippen LogP contribution in [0.25, 0.3) is 11.5 Å². The van der Waals surface area contributed by atoms with Crippen LogP contribution < -0.4 is 0 Å². The summed E-state index contributed by atoms with van der Waals surface area (Å²) < 4.78 is 0. The highest BCUT2D eigenvalue weighted by atomic mass is 14.9. The van der Waals surface area contributed by atoms with E-state index in [0.717, 1.165) is 23.6 Å². The van der Waals surface area contributed by atoms with Crippen molar-refractivity contribution in [1.82, 2.24) is 15.0 Å². The van der Waals surface area contributed by atoms with Crippen LogP contribution in [0, 0.1) is 0 Å². The fraction of sp³-hybridized carbons (Fsp3) is 0.0667. The van der Waals surface area contributed by atoms with Gasteiger partial charge in [0.1, 0.15) is 0 Å². The molecule has 3 nitrogen and oxygen atoms in total. The van der Waals surface area contributed by atoms with Crippen molar-refractivity contribution in [2.75, 3.05) is 0 Å². The van der Waals surface area contributed by atoms with Gasteiger partial charge in [-0.1, -0.05) is 30.3 Å². The lowest BCUT2D eigenvalue weighted by Crippen LogP contribution is -1.96. The van der Waals surface area contributed by atoms with Crippen LogP contribution in [0.4, 0.5) is 0 Å². The molecule has 88 valence electrons. The first-order valence-electron chi connectivity index (χ1n) is 5.91. The van der Waals surface area contributed by atoms with Gasteiger partial charge in [-0.25, -0.2) is 9.97 Å². The van der Waals surface area contributed by atoms with Gasteiger partial charge in [-0.3, -0.25) is 0 Å². The highest BCUT2D eigenvalue weighted by Crippen LogP contribution is 2.13. The Balaban J connectivity index is 1.88. The first-order chi connectivity index (χ1) is 8.92. The zero-order valence-corrected chi connectivity index (χ0v) is 9.88. The second-order valence-electron chi connectivity index (χ2n) is 4.12. The number of rotatable bonds is 3. The lowest BCUT2D eigenvalue weighted by atomic mass is 10.1. The van der Waals surface area contributed by atoms with Crippen LogP contribution in [-0.2, 0) is 6.42 Å². The molecule has 0 saturated carbocycles. The minimum Gasteiger partial charge on any atom is -0.359 e. The Labute approximate surface area is 106 Å². The van der Waals surface area contributed by atoms with Gasteiger partial charge in [0.25, 0.3) is 0 Å². The summed E-state index contributed by atoms with van der Waals surface area (Å²) >= 11 is 0. The van der Waals surface area contributed by atoms with E-state index in [1.165, 1.54) is 5.56 Å². The average molecular weight is 235 g/mol. The Morgan fingerprint density at radius 1 is 0.944 bits per heavy atom. The van der Waals surface area contributed by atoms with Gasteiger partial charge in [0.2, 0.25) is 0 Å². The van der Waals surface area contributed by atoms with E-state index >= 15 is 0 Å². The third-order valence-corrected chi connectivity index (χ3v) is 2.78. The van der Waals surface area contributed by atoms with Gasteiger partial charge < -0.3 is 4.98 Å². The number of nitrogens with zero attached hydrogens (tertiary/aromatic N) is 2. The molecular formula is C15H13N3. The summed E-state index contributed by atoms with van der Waals surface area (Å²) in [5, 5.41) is 0. The van der Waals surface area contributed by atoms with Crippen LogP contribution in [0.15, 0.2) is 60.9 Å². The van der Waals surface area contributed by atoms with Crippen molar-refractivity contribution in [3.8, 4) is 11.5 Å². The lowest BCUT2D eigenvalue weighted by molar-refractivity contribution is 1.03. The highest BCUT2D eigenvalue weighted by Gasteiger charge is 2.03. The molecule has 3 rings (SSSR count). The molecule has 0 saturated heterocycles. The molecule has 0 spiro atoms. The van der Waals surface area contributed by atoms with Crippen molar-refractivity contribution < 1.29 is 0 Å². The van der Waals surface area contributed by atoms with Gasteiger partial charge in [-0.15, -0.1) is 0 Å². The maximum absolute atomic E-state index is 4.57. The number of H-pyrrole nitrogens is 1. The zero-order valence-electron chi connectivity index (χ0n) is 9.88. The third kappa shape index (κ3) is 2.30. The summed E-state index contributed by atoms with van der Waals surface area (Å²) in [5.41, 5.74) is 3.24. The Bertz CT molecular complexity index is 615. The number of nitrogens with one attached hydrogen (secondary N) is 1. The van der Waals surface area contributed by atoms with Crippen LogP contribution in [0.2, 0.25) is 0 Å². The van der Waals surface area contributed by atoms with Crippen molar-refractivity contribution in [1.29, 1.82) is 0 Å². The minimum atomic E-state index is 0.744. The number of benzene rings is 1. The van der Waals surface area contributed by atoms with Crippen LogP contribution in [0.1, 0.15) is 11.3 Å². The van der Waals surface area contributed by atoms with Gasteiger partial charge in [0, 0.05) is 24.5 Å². The van der Waals surface area contributed by atoms with Gasteiger partial charge >= 0.3 is 0 Å². The number of hydrogen-bond donors (Lipinski definition) is 1. The molecule has 0 aliphatic rings. The number of hydrogen-bond acceptors (Lipinski definition) is 2. The standard InChI is InChI=1S/C15H13N3/c1-2-5-12(6-3-1)11-13-8-10-17-15(18-13)14-7-4-9-16-14/h1-10,16H,11H2. The summed E-state index contributed by atoms with van der Waals surface area (Å²) in [7, 11) is 0. The molecule has 0 radical (unpaired) electrons. The van der Waals surface area contributed by atoms with Crippen molar-refractivity contribution in [2.24, 2.45) is 0 Å². The normalized spacial score (nSPS) is 10.4. The van der Waals surface area contributed by atoms with E-state index in [9.17, 15) is 0 Å². The van der Waals surface area contributed by atoms with E-state index in [0.29, 0.717) is 0 Å². The molecule has 3 aromatic rings. The molecule has 2 aromatic heterocycles. The Morgan fingerprint density at radius 2 is 1.83 bits per heavy atom. The van der Waals surface area contributed by atoms with E-state index in [-0.39, 0.29) is 0 Å². The topological polar surface area (TPSA) is 41.6 Å². The molecule has 0 atom stereocenters. The van der Waals surface area contributed by atoms with Crippen molar-refractivity contribution >= 4 is 0 Å². The SMILES string of the molecule is c1ccc(Cc2ccnc(-c3ccc[nH]3)n2)cc1. The minimum absolute atomic E-state index is 0.744. The monoisotopic (exact) mass is 235 g/mol. The Morgan fingerprint density at radius 3 is 2.61 bits per heavy atom. The molecule has 0 aliphatic heterocycles. The van der Waals surface area contributed by atoms with Gasteiger partial charge in [-0.05, 0) is 23.8 Å². The van der Waals surface area contributed by atoms with Crippen molar-refractivity contribution in [2.45, 2.75) is 6.42 Å². The van der Waals surface area contributed by atoms with E-state index in [4.69, 9.17) is 0 Å². The average Bonchev–Trinajstić information content (AvgIpc) is 2.94. The second-order valence-corrected chi connectivity index (χ2v) is 4.12. The molecular weight excluding hydrogens is 222 g/mol. The lowest BCUT2D eigenvalue weighted by Gasteiger charge is -2.02. The molecule has 0 unspecified atom stereocenters. The first kappa shape index (κ1) is 10.7. The van der Waals surface area contributed by atoms with Gasteiger partial charge in [0.15, 0.2) is 5.82 Å². The fourth-order valence-corrected chi connectivity index (χ4v) is 1.90. The third-order valence-electron chi connectivity index (χ3n) is 2.78. The molecule has 18 heavy (non-hydrogen) atoms. The number of aromatic amines is 1. The summed E-state index contributed by atoms with van der Waals surface area (Å²) in [6, 6.07) is 16.2. The first-order valence-corrected chi connectivity index (χ1v) is 5.91. The van der Waals surface area contributed by atoms with Crippen molar-refractivity contribution in [3.05, 3.63) is 72.2 Å². The summed E-state index contributed by atoms with van der Waals surface area (Å²) in [5.74, 6) is 0.744. The molecule has 0 amide bonds. The van der Waals surface area contributed by atoms with Gasteiger partial charge in [0.05, 0.1) is 5.69 Å². The molecule has 0 fully saturated rings. The predicted octanol–water partition coefficient (Wildman–Crippen LogP) is 3.06. The van der Waals surface area contributed by atoms with Crippen molar-refractivity contribution in [3.63, 3.8) is 0 Å². The maximum atomic E-state index is 4.57. The van der Waals surface area contributed by atoms with E-state index in [1.807, 2.05) is 42.6 Å². The smallest absolute Gasteiger partial charge is 0.176 e. The fourth-order valence-electron chi connectivity index (χ4n) is 1.90.